The molecule has 33 heavy (non-hydrogen) atoms. The Morgan fingerprint density at radius 3 is 2.36 bits per heavy atom. The summed E-state index contributed by atoms with van der Waals surface area (Å²) in [5.74, 6) is -0.443. The van der Waals surface area contributed by atoms with Gasteiger partial charge in [-0.1, -0.05) is 29.8 Å². The molecule has 7 nitrogen and oxygen atoms in total. The van der Waals surface area contributed by atoms with Crippen molar-refractivity contribution < 1.29 is 23.8 Å². The van der Waals surface area contributed by atoms with Crippen molar-refractivity contribution in [1.29, 1.82) is 0 Å². The third-order valence-electron chi connectivity index (χ3n) is 4.51. The molecule has 1 heterocycles. The van der Waals surface area contributed by atoms with E-state index in [0.717, 1.165) is 5.56 Å². The first-order valence-electron chi connectivity index (χ1n) is 10.6. The number of ether oxygens (including phenoxy) is 3. The lowest BCUT2D eigenvalue weighted by atomic mass is 10.1. The van der Waals surface area contributed by atoms with Crippen LogP contribution in [0.2, 0.25) is 5.02 Å². The van der Waals surface area contributed by atoms with Crippen molar-refractivity contribution in [1.82, 2.24) is 9.78 Å². The monoisotopic (exact) mass is 470 g/mol. The third-order valence-corrected chi connectivity index (χ3v) is 4.95. The maximum absolute atomic E-state index is 12.2. The predicted molar refractivity (Wildman–Crippen MR) is 125 cm³/mol. The summed E-state index contributed by atoms with van der Waals surface area (Å²) in [5.41, 5.74) is 2.35. The van der Waals surface area contributed by atoms with Crippen molar-refractivity contribution in [2.75, 3.05) is 6.61 Å². The van der Waals surface area contributed by atoms with E-state index in [1.165, 1.54) is 0 Å². The molecule has 3 rings (SSSR count). The number of hydrogen-bond acceptors (Lipinski definition) is 6. The fourth-order valence-electron chi connectivity index (χ4n) is 2.99. The number of aryl methyl sites for hydroxylation is 1. The van der Waals surface area contributed by atoms with Gasteiger partial charge in [0.05, 0.1) is 29.1 Å². The number of carbonyl (C=O) groups excluding carboxylic acids is 2. The van der Waals surface area contributed by atoms with Crippen LogP contribution in [-0.2, 0) is 16.1 Å². The lowest BCUT2D eigenvalue weighted by molar-refractivity contribution is 0.00692. The van der Waals surface area contributed by atoms with Crippen molar-refractivity contribution in [3.8, 4) is 11.6 Å². The van der Waals surface area contributed by atoms with Gasteiger partial charge in [0.1, 0.15) is 17.2 Å². The van der Waals surface area contributed by atoms with Gasteiger partial charge in [0.2, 0.25) is 5.88 Å². The van der Waals surface area contributed by atoms with Crippen LogP contribution in [0.4, 0.5) is 0 Å². The van der Waals surface area contributed by atoms with Crippen molar-refractivity contribution in [2.24, 2.45) is 0 Å². The van der Waals surface area contributed by atoms with Gasteiger partial charge in [-0.05, 0) is 70.5 Å². The van der Waals surface area contributed by atoms with E-state index in [-0.39, 0.29) is 19.2 Å². The summed E-state index contributed by atoms with van der Waals surface area (Å²) >= 11 is 6.45. The Balaban J connectivity index is 1.79. The van der Waals surface area contributed by atoms with Crippen LogP contribution < -0.4 is 4.74 Å². The van der Waals surface area contributed by atoms with Gasteiger partial charge in [-0.2, -0.15) is 9.78 Å². The van der Waals surface area contributed by atoms with Gasteiger partial charge in [0.25, 0.3) is 0 Å². The van der Waals surface area contributed by atoms with Gasteiger partial charge in [0.15, 0.2) is 0 Å². The predicted octanol–water partition coefficient (Wildman–Crippen LogP) is 5.55. The molecule has 1 aromatic heterocycles. The molecule has 2 aromatic carbocycles. The van der Waals surface area contributed by atoms with E-state index in [2.05, 4.69) is 5.10 Å². The number of esters is 2. The molecular formula is C25H27ClN2O5. The van der Waals surface area contributed by atoms with Crippen LogP contribution in [-0.4, -0.2) is 33.9 Å². The van der Waals surface area contributed by atoms with Crippen molar-refractivity contribution in [3.05, 3.63) is 75.9 Å². The van der Waals surface area contributed by atoms with Crippen molar-refractivity contribution >= 4 is 23.5 Å². The van der Waals surface area contributed by atoms with E-state index < -0.39 is 11.6 Å². The second-order valence-corrected chi connectivity index (χ2v) is 8.75. The smallest absolute Gasteiger partial charge is 0.338 e. The summed E-state index contributed by atoms with van der Waals surface area (Å²) in [4.78, 5) is 24.3. The first-order valence-corrected chi connectivity index (χ1v) is 10.9. The summed E-state index contributed by atoms with van der Waals surface area (Å²) in [6.07, 6.45) is 0. The largest absolute Gasteiger partial charge is 0.472 e. The minimum Gasteiger partial charge on any atom is -0.472 e. The molecule has 3 aromatic rings. The molecule has 0 saturated carbocycles. The van der Waals surface area contributed by atoms with Crippen molar-refractivity contribution in [3.63, 3.8) is 0 Å². The molecule has 0 radical (unpaired) electrons. The molecule has 0 aliphatic carbocycles. The zero-order chi connectivity index (χ0) is 24.2. The van der Waals surface area contributed by atoms with E-state index >= 15 is 0 Å². The molecule has 0 amide bonds. The van der Waals surface area contributed by atoms with Crippen molar-refractivity contribution in [2.45, 2.75) is 46.8 Å². The summed E-state index contributed by atoms with van der Waals surface area (Å²) in [7, 11) is 0. The average Bonchev–Trinajstić information content (AvgIpc) is 3.05. The van der Waals surface area contributed by atoms with Crippen LogP contribution in [0.25, 0.3) is 5.69 Å². The van der Waals surface area contributed by atoms with Crippen LogP contribution in [0.5, 0.6) is 5.88 Å². The van der Waals surface area contributed by atoms with E-state index in [1.807, 2.05) is 20.8 Å². The second kappa shape index (κ2) is 10.1. The Morgan fingerprint density at radius 2 is 1.73 bits per heavy atom. The standard InChI is InChI=1S/C25H27ClN2O5/c1-6-31-23(29)19-8-7-9-20(14-19)28-22(21(26)16(2)27-28)32-15-17-10-12-18(13-11-17)24(30)33-25(3,4)5/h7-14H,6,15H2,1-5H3. The van der Waals surface area contributed by atoms with Gasteiger partial charge >= 0.3 is 11.9 Å². The topological polar surface area (TPSA) is 79.7 Å². The molecule has 0 atom stereocenters. The Morgan fingerprint density at radius 1 is 1.03 bits per heavy atom. The van der Waals surface area contributed by atoms with Gasteiger partial charge < -0.3 is 14.2 Å². The molecule has 0 N–H and O–H groups in total. The van der Waals surface area contributed by atoms with Gasteiger partial charge in [-0.3, -0.25) is 0 Å². The summed E-state index contributed by atoms with van der Waals surface area (Å²) in [5, 5.41) is 4.83. The Labute approximate surface area is 198 Å². The molecule has 0 bridgehead atoms. The summed E-state index contributed by atoms with van der Waals surface area (Å²) in [6.45, 7) is 9.49. The minimum atomic E-state index is -0.559. The number of aromatic nitrogens is 2. The normalized spacial score (nSPS) is 11.2. The molecule has 0 unspecified atom stereocenters. The fraction of sp³-hybridized carbons (Fsp3) is 0.320. The first-order chi connectivity index (χ1) is 15.6. The molecule has 0 spiro atoms. The van der Waals surface area contributed by atoms with Crippen LogP contribution in [0.3, 0.4) is 0 Å². The number of rotatable bonds is 7. The fourth-order valence-corrected chi connectivity index (χ4v) is 3.16. The molecule has 0 aliphatic rings. The highest BCUT2D eigenvalue weighted by atomic mass is 35.5. The quantitative estimate of drug-likeness (QED) is 0.421. The lowest BCUT2D eigenvalue weighted by Crippen LogP contribution is -2.23. The van der Waals surface area contributed by atoms with E-state index in [1.54, 1.807) is 67.1 Å². The zero-order valence-corrected chi connectivity index (χ0v) is 20.1. The van der Waals surface area contributed by atoms with Crippen LogP contribution in [0.15, 0.2) is 48.5 Å². The van der Waals surface area contributed by atoms with Crippen LogP contribution >= 0.6 is 11.6 Å². The van der Waals surface area contributed by atoms with Crippen LogP contribution in [0.1, 0.15) is 59.7 Å². The zero-order valence-electron chi connectivity index (χ0n) is 19.3. The maximum Gasteiger partial charge on any atom is 0.338 e. The highest BCUT2D eigenvalue weighted by molar-refractivity contribution is 6.32. The molecular weight excluding hydrogens is 444 g/mol. The Bertz CT molecular complexity index is 1150. The summed E-state index contributed by atoms with van der Waals surface area (Å²) in [6, 6.07) is 13.9. The van der Waals surface area contributed by atoms with Gasteiger partial charge in [0, 0.05) is 0 Å². The maximum atomic E-state index is 12.2. The van der Waals surface area contributed by atoms with E-state index in [9.17, 15) is 9.59 Å². The number of carbonyl (C=O) groups is 2. The molecule has 174 valence electrons. The average molecular weight is 471 g/mol. The Kier molecular flexibility index (Phi) is 7.43. The highest BCUT2D eigenvalue weighted by Gasteiger charge is 2.19. The first kappa shape index (κ1) is 24.3. The number of halogens is 1. The molecule has 0 saturated heterocycles. The molecule has 0 fully saturated rings. The number of benzene rings is 2. The van der Waals surface area contributed by atoms with E-state index in [4.69, 9.17) is 25.8 Å². The third kappa shape index (κ3) is 6.14. The lowest BCUT2D eigenvalue weighted by Gasteiger charge is -2.19. The van der Waals surface area contributed by atoms with Crippen LogP contribution in [0, 0.1) is 6.92 Å². The van der Waals surface area contributed by atoms with Gasteiger partial charge in [-0.25, -0.2) is 9.59 Å². The number of hydrogen-bond donors (Lipinski definition) is 0. The minimum absolute atomic E-state index is 0.205. The molecule has 8 heteroatoms. The van der Waals surface area contributed by atoms with Gasteiger partial charge in [-0.15, -0.1) is 0 Å². The second-order valence-electron chi connectivity index (χ2n) is 8.37. The van der Waals surface area contributed by atoms with E-state index in [0.29, 0.717) is 33.4 Å². The number of nitrogens with zero attached hydrogens (tertiary/aromatic N) is 2. The highest BCUT2D eigenvalue weighted by Crippen LogP contribution is 2.31. The SMILES string of the molecule is CCOC(=O)c1cccc(-n2nc(C)c(Cl)c2OCc2ccc(C(=O)OC(C)(C)C)cc2)c1. The Hall–Kier alpha value is -3.32. The summed E-state index contributed by atoms with van der Waals surface area (Å²) < 4.78 is 18.0. The molecule has 0 aliphatic heterocycles.